The first-order valence-electron chi connectivity index (χ1n) is 3.12. The third-order valence-electron chi connectivity index (χ3n) is 1.55. The minimum atomic E-state index is -0.0683. The van der Waals surface area contributed by atoms with Crippen molar-refractivity contribution in [3.05, 3.63) is 11.8 Å². The van der Waals surface area contributed by atoms with Crippen LogP contribution in [0.5, 0.6) is 0 Å². The summed E-state index contributed by atoms with van der Waals surface area (Å²) in [6.45, 7) is 0. The lowest BCUT2D eigenvalue weighted by Gasteiger charge is -2.16. The molecule has 2 aliphatic rings. The van der Waals surface area contributed by atoms with Gasteiger partial charge in [0.25, 0.3) is 0 Å². The molecular formula is C5H8N4O. The molecule has 0 bridgehead atoms. The van der Waals surface area contributed by atoms with Gasteiger partial charge in [0.2, 0.25) is 5.91 Å². The Morgan fingerprint density at radius 1 is 1.60 bits per heavy atom. The minimum Gasteiger partial charge on any atom is -0.334 e. The highest BCUT2D eigenvalue weighted by molar-refractivity contribution is 5.79. The van der Waals surface area contributed by atoms with Gasteiger partial charge in [-0.3, -0.25) is 4.79 Å². The average molecular weight is 140 g/mol. The van der Waals surface area contributed by atoms with E-state index in [4.69, 9.17) is 0 Å². The van der Waals surface area contributed by atoms with Gasteiger partial charge in [-0.15, -0.1) is 0 Å². The standard InChI is InChI=1S/C5H8N4O/c10-4-2-1-3-5(6-4)8-9-7-3/h1,5,7-9H,2H2,(H,6,10). The Morgan fingerprint density at radius 2 is 2.50 bits per heavy atom. The number of carbonyl (C=O) groups excluding carboxylic acids is 1. The van der Waals surface area contributed by atoms with Gasteiger partial charge in [0.05, 0.1) is 5.70 Å². The van der Waals surface area contributed by atoms with E-state index < -0.39 is 0 Å². The molecule has 0 aromatic rings. The van der Waals surface area contributed by atoms with Crippen LogP contribution in [0.1, 0.15) is 6.42 Å². The van der Waals surface area contributed by atoms with Crippen molar-refractivity contribution in [2.75, 3.05) is 0 Å². The molecule has 2 rings (SSSR count). The maximum atomic E-state index is 10.8. The largest absolute Gasteiger partial charge is 0.334 e. The van der Waals surface area contributed by atoms with Crippen LogP contribution in [0.4, 0.5) is 0 Å². The molecule has 1 unspecified atom stereocenters. The number of hydrogen-bond donors (Lipinski definition) is 4. The van der Waals surface area contributed by atoms with Crippen molar-refractivity contribution in [3.8, 4) is 0 Å². The van der Waals surface area contributed by atoms with Gasteiger partial charge >= 0.3 is 0 Å². The third kappa shape index (κ3) is 0.758. The summed E-state index contributed by atoms with van der Waals surface area (Å²) in [6, 6.07) is 0. The highest BCUT2D eigenvalue weighted by atomic mass is 16.2. The SMILES string of the molecule is O=C1CC=C2NNNC2N1. The molecule has 2 heterocycles. The lowest BCUT2D eigenvalue weighted by Crippen LogP contribution is -2.46. The van der Waals surface area contributed by atoms with E-state index in [1.54, 1.807) is 0 Å². The number of hydrazine groups is 2. The number of hydrogen-bond acceptors (Lipinski definition) is 4. The second-order valence-corrected chi connectivity index (χ2v) is 2.26. The molecule has 0 aromatic heterocycles. The molecule has 4 N–H and O–H groups in total. The van der Waals surface area contributed by atoms with E-state index in [-0.39, 0.29) is 12.1 Å². The summed E-state index contributed by atoms with van der Waals surface area (Å²) < 4.78 is 0. The summed E-state index contributed by atoms with van der Waals surface area (Å²) in [4.78, 5) is 10.8. The molecule has 0 spiro atoms. The lowest BCUT2D eigenvalue weighted by molar-refractivity contribution is -0.121. The summed E-state index contributed by atoms with van der Waals surface area (Å²) in [5, 5.41) is 2.73. The molecule has 0 radical (unpaired) electrons. The number of nitrogens with one attached hydrogen (secondary N) is 4. The second kappa shape index (κ2) is 1.96. The van der Waals surface area contributed by atoms with Gasteiger partial charge in [0.1, 0.15) is 6.17 Å². The molecule has 54 valence electrons. The van der Waals surface area contributed by atoms with Gasteiger partial charge < -0.3 is 10.7 Å². The molecule has 1 amide bonds. The highest BCUT2D eigenvalue weighted by Crippen LogP contribution is 2.05. The van der Waals surface area contributed by atoms with Crippen LogP contribution in [0, 0.1) is 0 Å². The number of carbonyl (C=O) groups is 1. The van der Waals surface area contributed by atoms with Crippen LogP contribution in [-0.2, 0) is 4.79 Å². The predicted octanol–water partition coefficient (Wildman–Crippen LogP) is -1.67. The Hall–Kier alpha value is -1.07. The smallest absolute Gasteiger partial charge is 0.225 e. The Morgan fingerprint density at radius 3 is 3.40 bits per heavy atom. The number of rotatable bonds is 0. The molecule has 10 heavy (non-hydrogen) atoms. The number of amides is 1. The van der Waals surface area contributed by atoms with Crippen LogP contribution in [0.2, 0.25) is 0 Å². The van der Waals surface area contributed by atoms with Crippen molar-refractivity contribution in [2.45, 2.75) is 12.6 Å². The second-order valence-electron chi connectivity index (χ2n) is 2.26. The first-order chi connectivity index (χ1) is 4.86. The highest BCUT2D eigenvalue weighted by Gasteiger charge is 2.24. The molecule has 1 saturated heterocycles. The minimum absolute atomic E-state index is 0.0479. The van der Waals surface area contributed by atoms with E-state index in [1.165, 1.54) is 0 Å². The molecule has 1 atom stereocenters. The number of fused-ring (bicyclic) bond motifs is 1. The molecular weight excluding hydrogens is 132 g/mol. The first-order valence-corrected chi connectivity index (χ1v) is 3.12. The molecule has 0 saturated carbocycles. The summed E-state index contributed by atoms with van der Waals surface area (Å²) >= 11 is 0. The van der Waals surface area contributed by atoms with Crippen molar-refractivity contribution < 1.29 is 4.79 Å². The summed E-state index contributed by atoms with van der Waals surface area (Å²) in [5.74, 6) is 0.0479. The zero-order valence-corrected chi connectivity index (χ0v) is 5.27. The van der Waals surface area contributed by atoms with Crippen molar-refractivity contribution in [1.29, 1.82) is 0 Å². The molecule has 0 aromatic carbocycles. The fraction of sp³-hybridized carbons (Fsp3) is 0.400. The molecule has 0 aliphatic carbocycles. The van der Waals surface area contributed by atoms with Crippen molar-refractivity contribution in [3.63, 3.8) is 0 Å². The fourth-order valence-corrected chi connectivity index (χ4v) is 1.04. The van der Waals surface area contributed by atoms with Crippen LogP contribution >= 0.6 is 0 Å². The Kier molecular flexibility index (Phi) is 1.12. The van der Waals surface area contributed by atoms with Crippen molar-refractivity contribution in [1.82, 2.24) is 21.7 Å². The summed E-state index contributed by atoms with van der Waals surface area (Å²) in [6.07, 6.45) is 2.25. The predicted molar refractivity (Wildman–Crippen MR) is 34.0 cm³/mol. The topological polar surface area (TPSA) is 65.2 Å². The Labute approximate surface area is 57.8 Å². The average Bonchev–Trinajstić information content (AvgIpc) is 2.33. The maximum absolute atomic E-state index is 10.8. The monoisotopic (exact) mass is 140 g/mol. The zero-order chi connectivity index (χ0) is 6.97. The normalized spacial score (nSPS) is 30.2. The van der Waals surface area contributed by atoms with Gasteiger partial charge in [-0.05, 0) is 0 Å². The van der Waals surface area contributed by atoms with E-state index in [2.05, 4.69) is 21.7 Å². The van der Waals surface area contributed by atoms with Gasteiger partial charge in [-0.25, -0.2) is 5.43 Å². The van der Waals surface area contributed by atoms with Crippen LogP contribution in [0.25, 0.3) is 0 Å². The van der Waals surface area contributed by atoms with Gasteiger partial charge in [0.15, 0.2) is 0 Å². The van der Waals surface area contributed by atoms with E-state index in [9.17, 15) is 4.79 Å². The van der Waals surface area contributed by atoms with Gasteiger partial charge in [-0.2, -0.15) is 5.53 Å². The van der Waals surface area contributed by atoms with Gasteiger partial charge in [0, 0.05) is 6.42 Å². The van der Waals surface area contributed by atoms with E-state index >= 15 is 0 Å². The zero-order valence-electron chi connectivity index (χ0n) is 5.27. The molecule has 2 aliphatic heterocycles. The van der Waals surface area contributed by atoms with Gasteiger partial charge in [-0.1, -0.05) is 6.08 Å². The van der Waals surface area contributed by atoms with E-state index in [0.717, 1.165) is 5.70 Å². The molecule has 1 fully saturated rings. The molecule has 5 nitrogen and oxygen atoms in total. The summed E-state index contributed by atoms with van der Waals surface area (Å²) in [7, 11) is 0. The lowest BCUT2D eigenvalue weighted by atomic mass is 10.2. The Bertz CT molecular complexity index is 200. The summed E-state index contributed by atoms with van der Waals surface area (Å²) in [5.41, 5.74) is 9.38. The first kappa shape index (κ1) is 5.70. The van der Waals surface area contributed by atoms with Crippen molar-refractivity contribution in [2.24, 2.45) is 0 Å². The third-order valence-corrected chi connectivity index (χ3v) is 1.55. The maximum Gasteiger partial charge on any atom is 0.225 e. The van der Waals surface area contributed by atoms with Crippen LogP contribution in [0.3, 0.4) is 0 Å². The quantitative estimate of drug-likeness (QED) is 0.325. The fourth-order valence-electron chi connectivity index (χ4n) is 1.04. The Balaban J connectivity index is 2.20. The van der Waals surface area contributed by atoms with Crippen LogP contribution < -0.4 is 21.7 Å². The van der Waals surface area contributed by atoms with Crippen LogP contribution in [-0.4, -0.2) is 12.1 Å². The van der Waals surface area contributed by atoms with Crippen molar-refractivity contribution >= 4 is 5.91 Å². The van der Waals surface area contributed by atoms with E-state index in [0.29, 0.717) is 6.42 Å². The van der Waals surface area contributed by atoms with Crippen LogP contribution in [0.15, 0.2) is 11.8 Å². The molecule has 5 heteroatoms. The van der Waals surface area contributed by atoms with E-state index in [1.807, 2.05) is 6.08 Å².